The van der Waals surface area contributed by atoms with Crippen LogP contribution in [0.3, 0.4) is 0 Å². The first-order valence-electron chi connectivity index (χ1n) is 4.78. The average Bonchev–Trinajstić information content (AvgIpc) is 2.16. The Morgan fingerprint density at radius 3 is 2.44 bits per heavy atom. The van der Waals surface area contributed by atoms with Crippen LogP contribution in [0.4, 0.5) is 4.79 Å². The second-order valence-corrected chi connectivity index (χ2v) is 3.17. The summed E-state index contributed by atoms with van der Waals surface area (Å²) in [4.78, 5) is 33.8. The van der Waals surface area contributed by atoms with Crippen LogP contribution in [-0.2, 0) is 14.3 Å². The summed E-state index contributed by atoms with van der Waals surface area (Å²) in [5, 5.41) is 10.8. The zero-order valence-electron chi connectivity index (χ0n) is 9.52. The largest absolute Gasteiger partial charge is 0.480 e. The van der Waals surface area contributed by atoms with E-state index in [9.17, 15) is 14.4 Å². The summed E-state index contributed by atoms with van der Waals surface area (Å²) in [5.41, 5.74) is 0. The second-order valence-electron chi connectivity index (χ2n) is 3.17. The van der Waals surface area contributed by atoms with Crippen molar-refractivity contribution in [2.75, 3.05) is 20.2 Å². The highest BCUT2D eigenvalue weighted by Gasteiger charge is 2.19. The molecule has 0 bridgehead atoms. The van der Waals surface area contributed by atoms with Crippen molar-refractivity contribution in [1.82, 2.24) is 10.2 Å². The average molecular weight is 232 g/mol. The van der Waals surface area contributed by atoms with E-state index in [1.54, 1.807) is 6.92 Å². The number of ether oxygens (including phenoxy) is 1. The van der Waals surface area contributed by atoms with Gasteiger partial charge < -0.3 is 20.1 Å². The zero-order valence-corrected chi connectivity index (χ0v) is 9.52. The summed E-state index contributed by atoms with van der Waals surface area (Å²) >= 11 is 0. The predicted octanol–water partition coefficient (Wildman–Crippen LogP) is -0.336. The van der Waals surface area contributed by atoms with Crippen molar-refractivity contribution in [1.29, 1.82) is 0 Å². The van der Waals surface area contributed by atoms with Gasteiger partial charge in [0.15, 0.2) is 0 Å². The molecule has 0 aromatic heterocycles. The Kier molecular flexibility index (Phi) is 5.91. The van der Waals surface area contributed by atoms with Gasteiger partial charge in [0.1, 0.15) is 12.6 Å². The lowest BCUT2D eigenvalue weighted by molar-refractivity contribution is -0.144. The maximum absolute atomic E-state index is 11.3. The number of hydrogen-bond acceptors (Lipinski definition) is 4. The summed E-state index contributed by atoms with van der Waals surface area (Å²) in [6, 6.07) is -1.44. The van der Waals surface area contributed by atoms with Gasteiger partial charge in [-0.15, -0.1) is 0 Å². The highest BCUT2D eigenvalue weighted by atomic mass is 16.5. The van der Waals surface area contributed by atoms with Crippen LogP contribution in [0.15, 0.2) is 0 Å². The van der Waals surface area contributed by atoms with Crippen LogP contribution < -0.4 is 5.32 Å². The lowest BCUT2D eigenvalue weighted by Crippen LogP contribution is -2.47. The molecule has 1 unspecified atom stereocenters. The molecular weight excluding hydrogens is 216 g/mol. The first-order chi connectivity index (χ1) is 7.38. The standard InChI is InChI=1S/C9H16N2O5/c1-4-16-8(14)6(2)10-9(15)11(3)5-7(12)13/h6H,4-5H2,1-3H3,(H,10,15)(H,12,13). The van der Waals surface area contributed by atoms with E-state index in [1.807, 2.05) is 0 Å². The number of nitrogens with zero attached hydrogens (tertiary/aromatic N) is 1. The minimum Gasteiger partial charge on any atom is -0.480 e. The number of amides is 2. The van der Waals surface area contributed by atoms with Crippen molar-refractivity contribution in [3.8, 4) is 0 Å². The molecule has 0 saturated heterocycles. The number of likely N-dealkylation sites (N-methyl/N-ethyl adjacent to an activating group) is 1. The van der Waals surface area contributed by atoms with E-state index in [-0.39, 0.29) is 6.61 Å². The number of carbonyl (C=O) groups is 3. The topological polar surface area (TPSA) is 95.9 Å². The van der Waals surface area contributed by atoms with E-state index >= 15 is 0 Å². The van der Waals surface area contributed by atoms with Gasteiger partial charge in [-0.1, -0.05) is 0 Å². The Morgan fingerprint density at radius 1 is 1.44 bits per heavy atom. The number of urea groups is 1. The maximum atomic E-state index is 11.3. The van der Waals surface area contributed by atoms with Gasteiger partial charge in [-0.05, 0) is 13.8 Å². The van der Waals surface area contributed by atoms with Crippen LogP contribution in [0.1, 0.15) is 13.8 Å². The number of rotatable bonds is 5. The third kappa shape index (κ3) is 5.18. The summed E-state index contributed by atoms with van der Waals surface area (Å²) in [6.07, 6.45) is 0. The van der Waals surface area contributed by atoms with Crippen molar-refractivity contribution in [2.45, 2.75) is 19.9 Å². The number of carboxylic acids is 1. The van der Waals surface area contributed by atoms with Crippen LogP contribution in [0.2, 0.25) is 0 Å². The molecule has 0 saturated carbocycles. The molecule has 0 spiro atoms. The smallest absolute Gasteiger partial charge is 0.328 e. The van der Waals surface area contributed by atoms with Gasteiger partial charge >= 0.3 is 18.0 Å². The van der Waals surface area contributed by atoms with E-state index in [0.29, 0.717) is 0 Å². The molecule has 0 heterocycles. The molecule has 2 amide bonds. The van der Waals surface area contributed by atoms with Gasteiger partial charge in [0, 0.05) is 7.05 Å². The summed E-state index contributed by atoms with van der Waals surface area (Å²) < 4.78 is 4.68. The number of nitrogens with one attached hydrogen (secondary N) is 1. The molecule has 7 heteroatoms. The fourth-order valence-corrected chi connectivity index (χ4v) is 0.896. The predicted molar refractivity (Wildman–Crippen MR) is 54.9 cm³/mol. The molecule has 0 aliphatic heterocycles. The molecule has 16 heavy (non-hydrogen) atoms. The van der Waals surface area contributed by atoms with Crippen LogP contribution in [0.5, 0.6) is 0 Å². The van der Waals surface area contributed by atoms with Gasteiger partial charge in [0.25, 0.3) is 0 Å². The minimum atomic E-state index is -1.12. The first kappa shape index (κ1) is 14.2. The maximum Gasteiger partial charge on any atom is 0.328 e. The van der Waals surface area contributed by atoms with E-state index in [1.165, 1.54) is 14.0 Å². The molecule has 92 valence electrons. The quantitative estimate of drug-likeness (QED) is 0.632. The van der Waals surface area contributed by atoms with Crippen molar-refractivity contribution in [2.24, 2.45) is 0 Å². The number of carboxylic acid groups (broad SMARTS) is 1. The lowest BCUT2D eigenvalue weighted by atomic mass is 10.3. The Labute approximate surface area is 93.4 Å². The molecular formula is C9H16N2O5. The Morgan fingerprint density at radius 2 is 2.00 bits per heavy atom. The molecule has 1 atom stereocenters. The van der Waals surface area contributed by atoms with E-state index in [4.69, 9.17) is 5.11 Å². The van der Waals surface area contributed by atoms with E-state index < -0.39 is 30.6 Å². The first-order valence-corrected chi connectivity index (χ1v) is 4.78. The number of aliphatic carboxylic acids is 1. The van der Waals surface area contributed by atoms with Crippen molar-refractivity contribution in [3.05, 3.63) is 0 Å². The summed E-state index contributed by atoms with van der Waals surface area (Å²) in [6.45, 7) is 2.92. The van der Waals surface area contributed by atoms with Gasteiger partial charge in [-0.2, -0.15) is 0 Å². The third-order valence-corrected chi connectivity index (χ3v) is 1.70. The number of carbonyl (C=O) groups excluding carboxylic acids is 2. The zero-order chi connectivity index (χ0) is 12.7. The molecule has 0 aromatic carbocycles. The Hall–Kier alpha value is -1.79. The summed E-state index contributed by atoms with van der Waals surface area (Å²) in [7, 11) is 1.32. The van der Waals surface area contributed by atoms with Gasteiger partial charge in [0.2, 0.25) is 0 Å². The highest BCUT2D eigenvalue weighted by Crippen LogP contribution is 1.91. The molecule has 0 rings (SSSR count). The molecule has 0 aromatic rings. The molecule has 7 nitrogen and oxygen atoms in total. The second kappa shape index (κ2) is 6.65. The third-order valence-electron chi connectivity index (χ3n) is 1.70. The fourth-order valence-electron chi connectivity index (χ4n) is 0.896. The number of hydrogen-bond donors (Lipinski definition) is 2. The van der Waals surface area contributed by atoms with E-state index in [2.05, 4.69) is 10.1 Å². The van der Waals surface area contributed by atoms with Crippen molar-refractivity contribution < 1.29 is 24.2 Å². The number of esters is 1. The van der Waals surface area contributed by atoms with Gasteiger partial charge in [-0.3, -0.25) is 4.79 Å². The van der Waals surface area contributed by atoms with Crippen LogP contribution in [-0.4, -0.2) is 54.2 Å². The van der Waals surface area contributed by atoms with Gasteiger partial charge in [-0.25, -0.2) is 9.59 Å². The summed E-state index contributed by atoms with van der Waals surface area (Å²) in [5.74, 6) is -1.68. The van der Waals surface area contributed by atoms with Crippen LogP contribution >= 0.6 is 0 Å². The van der Waals surface area contributed by atoms with Crippen LogP contribution in [0.25, 0.3) is 0 Å². The minimum absolute atomic E-state index is 0.226. The monoisotopic (exact) mass is 232 g/mol. The molecule has 0 aliphatic rings. The lowest BCUT2D eigenvalue weighted by Gasteiger charge is -2.18. The van der Waals surface area contributed by atoms with Crippen molar-refractivity contribution in [3.63, 3.8) is 0 Å². The van der Waals surface area contributed by atoms with Crippen molar-refractivity contribution >= 4 is 18.0 Å². The Bertz CT molecular complexity index is 279. The molecule has 2 N–H and O–H groups in total. The Balaban J connectivity index is 4.12. The highest BCUT2D eigenvalue weighted by molar-refractivity contribution is 5.85. The normalized spacial score (nSPS) is 11.4. The molecule has 0 fully saturated rings. The van der Waals surface area contributed by atoms with Gasteiger partial charge in [0.05, 0.1) is 6.61 Å². The molecule has 0 radical (unpaired) electrons. The van der Waals surface area contributed by atoms with Crippen LogP contribution in [0, 0.1) is 0 Å². The fraction of sp³-hybridized carbons (Fsp3) is 0.667. The molecule has 0 aliphatic carbocycles. The SMILES string of the molecule is CCOC(=O)C(C)NC(=O)N(C)CC(=O)O. The van der Waals surface area contributed by atoms with E-state index in [0.717, 1.165) is 4.90 Å².